The number of benzene rings is 3. The number of aromatic hydroxyl groups is 2. The lowest BCUT2D eigenvalue weighted by Gasteiger charge is -2.50. The molecule has 248 valence electrons. The van der Waals surface area contributed by atoms with Crippen molar-refractivity contribution in [3.63, 3.8) is 0 Å². The molecule has 1 saturated carbocycles. The first-order chi connectivity index (χ1) is 22.9. The van der Waals surface area contributed by atoms with Crippen LogP contribution in [0.3, 0.4) is 0 Å². The monoisotopic (exact) mass is 692 g/mol. The summed E-state index contributed by atoms with van der Waals surface area (Å²) in [4.78, 5) is 54.5. The number of anilines is 1. The summed E-state index contributed by atoms with van der Waals surface area (Å²) in [6.07, 6.45) is 2.09. The van der Waals surface area contributed by atoms with Gasteiger partial charge in [-0.2, -0.15) is 0 Å². The van der Waals surface area contributed by atoms with Crippen LogP contribution in [0, 0.1) is 23.6 Å². The molecule has 3 aromatic carbocycles. The Bertz CT molecular complexity index is 1880. The molecular weight excluding hydrogens is 662 g/mol. The van der Waals surface area contributed by atoms with Crippen molar-refractivity contribution in [1.29, 1.82) is 0 Å². The molecule has 0 aromatic heterocycles. The fourth-order valence-electron chi connectivity index (χ4n) is 7.98. The number of nitrogens with zero attached hydrogens (tertiary/aromatic N) is 2. The van der Waals surface area contributed by atoms with E-state index in [0.29, 0.717) is 12.0 Å². The molecule has 2 heterocycles. The molecule has 7 rings (SSSR count). The molecular formula is C36H31Cl2FN2O7. The van der Waals surface area contributed by atoms with E-state index in [1.54, 1.807) is 43.3 Å². The highest BCUT2D eigenvalue weighted by molar-refractivity contribution is 6.58. The summed E-state index contributed by atoms with van der Waals surface area (Å²) >= 11 is 14.8. The molecule has 0 bridgehead atoms. The van der Waals surface area contributed by atoms with E-state index >= 15 is 0 Å². The minimum absolute atomic E-state index is 0.0641. The number of carbonyl (C=O) groups is 4. The summed E-state index contributed by atoms with van der Waals surface area (Å²) in [5, 5.41) is 21.1. The zero-order valence-corrected chi connectivity index (χ0v) is 27.2. The van der Waals surface area contributed by atoms with E-state index in [2.05, 4.69) is 0 Å². The summed E-state index contributed by atoms with van der Waals surface area (Å²) in [6.45, 7) is 2.09. The lowest BCUT2D eigenvalue weighted by molar-refractivity contribution is -0.140. The topological polar surface area (TPSA) is 124 Å². The van der Waals surface area contributed by atoms with Crippen LogP contribution >= 0.6 is 23.2 Å². The van der Waals surface area contributed by atoms with Crippen molar-refractivity contribution in [3.8, 4) is 17.2 Å². The van der Waals surface area contributed by atoms with Gasteiger partial charge in [0.05, 0.1) is 24.1 Å². The van der Waals surface area contributed by atoms with Crippen LogP contribution in [-0.2, 0) is 25.6 Å². The molecule has 0 spiro atoms. The van der Waals surface area contributed by atoms with Crippen LogP contribution < -0.4 is 9.64 Å². The fourth-order valence-corrected chi connectivity index (χ4v) is 8.90. The number of para-hydroxylation sites is 1. The molecule has 2 aliphatic heterocycles. The molecule has 9 nitrogen and oxygen atoms in total. The number of ether oxygens (including phenoxy) is 1. The zero-order valence-electron chi connectivity index (χ0n) is 25.7. The van der Waals surface area contributed by atoms with Gasteiger partial charge in [-0.05, 0) is 80.1 Å². The summed E-state index contributed by atoms with van der Waals surface area (Å²) in [5.74, 6) is -6.70. The van der Waals surface area contributed by atoms with E-state index in [4.69, 9.17) is 27.9 Å². The van der Waals surface area contributed by atoms with E-state index in [1.807, 2.05) is 0 Å². The maximum Gasteiger partial charge on any atom is 0.258 e. The van der Waals surface area contributed by atoms with Gasteiger partial charge in [0, 0.05) is 18.0 Å². The van der Waals surface area contributed by atoms with E-state index < -0.39 is 57.0 Å². The number of imide groups is 2. The Kier molecular flexibility index (Phi) is 7.79. The number of allylic oxidation sites excluding steroid dienone is 2. The number of likely N-dealkylation sites (tertiary alicyclic amines) is 1. The number of amides is 4. The van der Waals surface area contributed by atoms with Crippen molar-refractivity contribution in [2.75, 3.05) is 18.1 Å². The van der Waals surface area contributed by atoms with E-state index in [1.165, 1.54) is 29.2 Å². The third kappa shape index (κ3) is 4.56. The number of phenols is 2. The van der Waals surface area contributed by atoms with E-state index in [-0.39, 0.29) is 60.4 Å². The molecule has 48 heavy (non-hydrogen) atoms. The van der Waals surface area contributed by atoms with Crippen molar-refractivity contribution in [3.05, 3.63) is 95.3 Å². The molecule has 12 heteroatoms. The van der Waals surface area contributed by atoms with Crippen LogP contribution in [0.25, 0.3) is 0 Å². The van der Waals surface area contributed by atoms with Gasteiger partial charge in [0.2, 0.25) is 11.8 Å². The predicted molar refractivity (Wildman–Crippen MR) is 174 cm³/mol. The average Bonchev–Trinajstić information content (AvgIpc) is 3.40. The van der Waals surface area contributed by atoms with E-state index in [0.717, 1.165) is 22.6 Å². The molecule has 4 amide bonds. The maximum absolute atomic E-state index is 14.5. The average molecular weight is 694 g/mol. The Labute approximate surface area is 285 Å². The molecule has 4 aliphatic rings. The highest BCUT2D eigenvalue weighted by Crippen LogP contribution is 2.66. The quantitative estimate of drug-likeness (QED) is 0.192. The van der Waals surface area contributed by atoms with Gasteiger partial charge in [-0.25, -0.2) is 9.29 Å². The number of phenolic OH excluding ortho intramolecular Hbond substituents is 2. The highest BCUT2D eigenvalue weighted by Gasteiger charge is 2.77. The van der Waals surface area contributed by atoms with E-state index in [9.17, 15) is 33.8 Å². The Morgan fingerprint density at radius 2 is 1.62 bits per heavy atom. The van der Waals surface area contributed by atoms with Crippen molar-refractivity contribution in [1.82, 2.24) is 4.90 Å². The summed E-state index contributed by atoms with van der Waals surface area (Å²) in [5.41, 5.74) is 1.59. The standard InChI is InChI=1S/C36H31Cl2FN2O7/c1-2-48-27-5-3-4-25(30(27)43)29-23-14-15-24-28(32(45)40(31(24)44)17-16-19-6-12-22(42)13-7-19)26(23)18-35(37)33(46)41(34(47)36(29,35)38)21-10-8-20(39)9-11-21/h3-14,24,26,28-29,42-43H,2,15-18H2,1H3. The molecule has 6 unspecified atom stereocenters. The first kappa shape index (κ1) is 32.2. The summed E-state index contributed by atoms with van der Waals surface area (Å²) in [7, 11) is 0. The van der Waals surface area contributed by atoms with Gasteiger partial charge in [-0.1, -0.05) is 35.9 Å². The zero-order chi connectivity index (χ0) is 34.1. The molecule has 3 aromatic rings. The number of hydrogen-bond acceptors (Lipinski definition) is 7. The van der Waals surface area contributed by atoms with Crippen LogP contribution in [0.2, 0.25) is 0 Å². The number of alkyl halides is 2. The van der Waals surface area contributed by atoms with Gasteiger partial charge in [0.1, 0.15) is 11.6 Å². The summed E-state index contributed by atoms with van der Waals surface area (Å²) < 4.78 is 19.5. The predicted octanol–water partition coefficient (Wildman–Crippen LogP) is 5.44. The fraction of sp³-hybridized carbons (Fsp3) is 0.333. The maximum atomic E-state index is 14.5. The van der Waals surface area contributed by atoms with Crippen LogP contribution in [0.4, 0.5) is 10.1 Å². The minimum Gasteiger partial charge on any atom is -0.508 e. The van der Waals surface area contributed by atoms with Gasteiger partial charge in [0.25, 0.3) is 11.8 Å². The Hall–Kier alpha value is -4.41. The second kappa shape index (κ2) is 11.6. The summed E-state index contributed by atoms with van der Waals surface area (Å²) in [6, 6.07) is 16.0. The number of halogens is 3. The van der Waals surface area contributed by atoms with Crippen LogP contribution in [-0.4, -0.2) is 61.6 Å². The Morgan fingerprint density at radius 3 is 2.31 bits per heavy atom. The number of fused-ring (bicyclic) bond motifs is 4. The van der Waals surface area contributed by atoms with Gasteiger partial charge < -0.3 is 14.9 Å². The number of hydrogen-bond donors (Lipinski definition) is 2. The van der Waals surface area contributed by atoms with Crippen molar-refractivity contribution >= 4 is 52.5 Å². The number of rotatable bonds is 7. The molecule has 3 fully saturated rings. The van der Waals surface area contributed by atoms with Crippen LogP contribution in [0.1, 0.15) is 36.8 Å². The van der Waals surface area contributed by atoms with Gasteiger partial charge in [-0.3, -0.25) is 24.1 Å². The minimum atomic E-state index is -2.18. The normalized spacial score (nSPS) is 29.5. The first-order valence-electron chi connectivity index (χ1n) is 15.7. The Morgan fingerprint density at radius 1 is 0.917 bits per heavy atom. The van der Waals surface area contributed by atoms with Gasteiger partial charge >= 0.3 is 0 Å². The highest BCUT2D eigenvalue weighted by atomic mass is 35.5. The van der Waals surface area contributed by atoms with Crippen molar-refractivity contribution in [2.45, 2.75) is 41.9 Å². The molecule has 0 radical (unpaired) electrons. The second-order valence-corrected chi connectivity index (χ2v) is 13.9. The molecule has 2 saturated heterocycles. The van der Waals surface area contributed by atoms with Crippen LogP contribution in [0.5, 0.6) is 17.2 Å². The second-order valence-electron chi connectivity index (χ2n) is 12.6. The smallest absolute Gasteiger partial charge is 0.258 e. The Balaban J connectivity index is 1.33. The lowest BCUT2D eigenvalue weighted by Crippen LogP contribution is -2.60. The third-order valence-electron chi connectivity index (χ3n) is 10.2. The van der Waals surface area contributed by atoms with Crippen molar-refractivity contribution in [2.24, 2.45) is 17.8 Å². The van der Waals surface area contributed by atoms with Gasteiger partial charge in [-0.15, -0.1) is 23.2 Å². The first-order valence-corrected chi connectivity index (χ1v) is 16.5. The SMILES string of the molecule is CCOc1cccc(C2C3=CCC4C(=O)N(CCc5ccc(O)cc5)C(=O)C4C3CC3(Cl)C(=O)N(c4ccc(F)cc4)C(=O)C23Cl)c1O. The molecule has 2 N–H and O–H groups in total. The number of carbonyl (C=O) groups excluding carboxylic acids is 4. The largest absolute Gasteiger partial charge is 0.508 e. The lowest BCUT2D eigenvalue weighted by atomic mass is 9.56. The third-order valence-corrected chi connectivity index (χ3v) is 11.6. The van der Waals surface area contributed by atoms with Crippen molar-refractivity contribution < 1.29 is 38.5 Å². The van der Waals surface area contributed by atoms with Gasteiger partial charge in [0.15, 0.2) is 21.2 Å². The molecule has 2 aliphatic carbocycles. The molecule has 6 atom stereocenters. The van der Waals surface area contributed by atoms with Crippen LogP contribution in [0.15, 0.2) is 78.4 Å².